The number of amides is 2. The Hall–Kier alpha value is -2.83. The van der Waals surface area contributed by atoms with Crippen LogP contribution in [0.15, 0.2) is 54.6 Å². The first-order valence-electron chi connectivity index (χ1n) is 10.5. The van der Waals surface area contributed by atoms with Crippen molar-refractivity contribution in [1.29, 1.82) is 0 Å². The zero-order chi connectivity index (χ0) is 22.8. The van der Waals surface area contributed by atoms with Gasteiger partial charge in [-0.25, -0.2) is 4.68 Å². The molecule has 0 saturated heterocycles. The number of halogens is 2. The minimum atomic E-state index is -0.284. The first-order chi connectivity index (χ1) is 15.3. The Morgan fingerprint density at radius 2 is 1.81 bits per heavy atom. The number of hydrogen-bond donors (Lipinski definition) is 1. The molecule has 0 aliphatic heterocycles. The molecule has 1 aliphatic rings. The standard InChI is InChI=1S/C24H24Cl2N4O2/c1-15(2)29(24(32)17-8-9-17)14-23(31)27-22-13-21(16-6-4-3-5-7-16)28-30(22)18-10-11-19(25)20(26)12-18/h3-7,10-13,15,17H,8-9,14H2,1-2H3,(H,27,31). The average Bonchev–Trinajstić information content (AvgIpc) is 3.54. The third kappa shape index (κ3) is 4.97. The Bertz CT molecular complexity index is 1140. The second kappa shape index (κ2) is 9.35. The molecule has 0 radical (unpaired) electrons. The van der Waals surface area contributed by atoms with Gasteiger partial charge in [0.2, 0.25) is 11.8 Å². The summed E-state index contributed by atoms with van der Waals surface area (Å²) >= 11 is 12.3. The van der Waals surface area contributed by atoms with Crippen molar-refractivity contribution in [2.24, 2.45) is 5.92 Å². The van der Waals surface area contributed by atoms with Crippen molar-refractivity contribution < 1.29 is 9.59 Å². The monoisotopic (exact) mass is 470 g/mol. The van der Waals surface area contributed by atoms with Gasteiger partial charge in [0.25, 0.3) is 0 Å². The van der Waals surface area contributed by atoms with E-state index in [9.17, 15) is 9.59 Å². The average molecular weight is 471 g/mol. The van der Waals surface area contributed by atoms with E-state index < -0.39 is 0 Å². The van der Waals surface area contributed by atoms with E-state index in [-0.39, 0.29) is 30.3 Å². The Morgan fingerprint density at radius 3 is 2.44 bits per heavy atom. The number of nitrogens with zero attached hydrogens (tertiary/aromatic N) is 3. The van der Waals surface area contributed by atoms with Crippen molar-refractivity contribution in [3.8, 4) is 16.9 Å². The van der Waals surface area contributed by atoms with Crippen LogP contribution in [0, 0.1) is 5.92 Å². The van der Waals surface area contributed by atoms with Crippen LogP contribution < -0.4 is 5.32 Å². The van der Waals surface area contributed by atoms with Crippen molar-refractivity contribution in [2.75, 3.05) is 11.9 Å². The molecule has 32 heavy (non-hydrogen) atoms. The van der Waals surface area contributed by atoms with Crippen LogP contribution in [-0.2, 0) is 9.59 Å². The highest BCUT2D eigenvalue weighted by molar-refractivity contribution is 6.42. The summed E-state index contributed by atoms with van der Waals surface area (Å²) in [5.41, 5.74) is 2.27. The maximum Gasteiger partial charge on any atom is 0.245 e. The molecule has 8 heteroatoms. The van der Waals surface area contributed by atoms with E-state index in [2.05, 4.69) is 10.4 Å². The van der Waals surface area contributed by atoms with E-state index in [1.165, 1.54) is 0 Å². The molecule has 166 valence electrons. The molecule has 3 aromatic rings. The number of rotatable bonds is 7. The van der Waals surface area contributed by atoms with E-state index >= 15 is 0 Å². The second-order valence-corrected chi connectivity index (χ2v) is 8.99. The molecule has 2 amide bonds. The van der Waals surface area contributed by atoms with Crippen LogP contribution in [0.1, 0.15) is 26.7 Å². The van der Waals surface area contributed by atoms with Crippen LogP contribution in [0.25, 0.3) is 16.9 Å². The Balaban J connectivity index is 1.64. The number of aromatic nitrogens is 2. The number of nitrogens with one attached hydrogen (secondary N) is 1. The lowest BCUT2D eigenvalue weighted by molar-refractivity contribution is -0.137. The fourth-order valence-corrected chi connectivity index (χ4v) is 3.74. The third-order valence-electron chi connectivity index (χ3n) is 5.34. The summed E-state index contributed by atoms with van der Waals surface area (Å²) in [5.74, 6) is 0.290. The molecule has 1 fully saturated rings. The van der Waals surface area contributed by atoms with Gasteiger partial charge in [-0.05, 0) is 44.9 Å². The predicted molar refractivity (Wildman–Crippen MR) is 127 cm³/mol. The minimum absolute atomic E-state index is 0.0137. The van der Waals surface area contributed by atoms with Crippen molar-refractivity contribution in [1.82, 2.24) is 14.7 Å². The minimum Gasteiger partial charge on any atom is -0.331 e. The highest BCUT2D eigenvalue weighted by atomic mass is 35.5. The molecule has 1 heterocycles. The van der Waals surface area contributed by atoms with Crippen LogP contribution in [0.3, 0.4) is 0 Å². The Kier molecular flexibility index (Phi) is 6.53. The molecule has 1 aliphatic carbocycles. The smallest absolute Gasteiger partial charge is 0.245 e. The molecule has 0 spiro atoms. The summed E-state index contributed by atoms with van der Waals surface area (Å²) < 4.78 is 1.62. The normalized spacial score (nSPS) is 13.3. The summed E-state index contributed by atoms with van der Waals surface area (Å²) in [7, 11) is 0. The molecule has 0 bridgehead atoms. The highest BCUT2D eigenvalue weighted by Gasteiger charge is 2.35. The molecule has 1 saturated carbocycles. The molecule has 4 rings (SSSR count). The number of hydrogen-bond acceptors (Lipinski definition) is 3. The van der Waals surface area contributed by atoms with E-state index in [4.69, 9.17) is 23.2 Å². The molecular formula is C24H24Cl2N4O2. The van der Waals surface area contributed by atoms with Crippen LogP contribution >= 0.6 is 23.2 Å². The maximum atomic E-state index is 12.9. The lowest BCUT2D eigenvalue weighted by atomic mass is 10.1. The molecule has 0 unspecified atom stereocenters. The number of carbonyl (C=O) groups is 2. The van der Waals surface area contributed by atoms with E-state index in [0.717, 1.165) is 18.4 Å². The van der Waals surface area contributed by atoms with Crippen LogP contribution in [0.2, 0.25) is 10.0 Å². The maximum absolute atomic E-state index is 12.9. The molecule has 6 nitrogen and oxygen atoms in total. The largest absolute Gasteiger partial charge is 0.331 e. The van der Waals surface area contributed by atoms with Crippen molar-refractivity contribution >= 4 is 40.8 Å². The van der Waals surface area contributed by atoms with Gasteiger partial charge in [0, 0.05) is 23.6 Å². The van der Waals surface area contributed by atoms with Crippen molar-refractivity contribution in [2.45, 2.75) is 32.7 Å². The van der Waals surface area contributed by atoms with Gasteiger partial charge in [-0.15, -0.1) is 0 Å². The summed E-state index contributed by atoms with van der Waals surface area (Å²) in [6.45, 7) is 3.82. The van der Waals surface area contributed by atoms with E-state index in [1.807, 2.05) is 44.2 Å². The Labute approximate surface area is 197 Å². The fraction of sp³-hybridized carbons (Fsp3) is 0.292. The summed E-state index contributed by atoms with van der Waals surface area (Å²) in [6, 6.07) is 16.6. The van der Waals surface area contributed by atoms with Crippen molar-refractivity contribution in [3.63, 3.8) is 0 Å². The number of carbonyl (C=O) groups excluding carboxylic acids is 2. The number of benzene rings is 2. The third-order valence-corrected chi connectivity index (χ3v) is 6.08. The van der Waals surface area contributed by atoms with E-state index in [0.29, 0.717) is 27.2 Å². The van der Waals surface area contributed by atoms with Gasteiger partial charge in [-0.3, -0.25) is 9.59 Å². The summed E-state index contributed by atoms with van der Waals surface area (Å²) in [4.78, 5) is 27.1. The van der Waals surface area contributed by atoms with Gasteiger partial charge >= 0.3 is 0 Å². The summed E-state index contributed by atoms with van der Waals surface area (Å²) in [5, 5.41) is 8.43. The van der Waals surface area contributed by atoms with E-state index in [1.54, 1.807) is 33.8 Å². The quantitative estimate of drug-likeness (QED) is 0.500. The predicted octanol–water partition coefficient (Wildman–Crippen LogP) is 5.43. The lowest BCUT2D eigenvalue weighted by Gasteiger charge is -2.26. The van der Waals surface area contributed by atoms with Gasteiger partial charge in [0.15, 0.2) is 0 Å². The Morgan fingerprint density at radius 1 is 1.09 bits per heavy atom. The van der Waals surface area contributed by atoms with Gasteiger partial charge in [0.05, 0.1) is 21.4 Å². The van der Waals surface area contributed by atoms with Crippen LogP contribution in [-0.4, -0.2) is 39.1 Å². The van der Waals surface area contributed by atoms with Crippen LogP contribution in [0.4, 0.5) is 5.82 Å². The molecule has 0 atom stereocenters. The zero-order valence-electron chi connectivity index (χ0n) is 17.9. The van der Waals surface area contributed by atoms with Gasteiger partial charge < -0.3 is 10.2 Å². The topological polar surface area (TPSA) is 67.2 Å². The molecule has 2 aromatic carbocycles. The first-order valence-corrected chi connectivity index (χ1v) is 11.3. The zero-order valence-corrected chi connectivity index (χ0v) is 19.4. The molecule has 1 N–H and O–H groups in total. The fourth-order valence-electron chi connectivity index (χ4n) is 3.45. The van der Waals surface area contributed by atoms with Gasteiger partial charge in [0.1, 0.15) is 12.4 Å². The second-order valence-electron chi connectivity index (χ2n) is 8.17. The first kappa shape index (κ1) is 22.4. The highest BCUT2D eigenvalue weighted by Crippen LogP contribution is 2.32. The van der Waals surface area contributed by atoms with Crippen molar-refractivity contribution in [3.05, 3.63) is 64.6 Å². The number of anilines is 1. The van der Waals surface area contributed by atoms with Gasteiger partial charge in [-0.1, -0.05) is 53.5 Å². The molecular weight excluding hydrogens is 447 g/mol. The molecule has 1 aromatic heterocycles. The SMILES string of the molecule is CC(C)N(CC(=O)Nc1cc(-c2ccccc2)nn1-c1ccc(Cl)c(Cl)c1)C(=O)C1CC1. The van der Waals surface area contributed by atoms with Crippen LogP contribution in [0.5, 0.6) is 0 Å². The summed E-state index contributed by atoms with van der Waals surface area (Å²) in [6.07, 6.45) is 1.79. The lowest BCUT2D eigenvalue weighted by Crippen LogP contribution is -2.43. The van der Waals surface area contributed by atoms with Gasteiger partial charge in [-0.2, -0.15) is 5.10 Å².